The molecule has 4 nitrogen and oxygen atoms in total. The van der Waals surface area contributed by atoms with Gasteiger partial charge in [0.1, 0.15) is 5.78 Å². The quantitative estimate of drug-likeness (QED) is 0.669. The molecule has 0 aliphatic carbocycles. The summed E-state index contributed by atoms with van der Waals surface area (Å²) in [6.45, 7) is 7.02. The predicted molar refractivity (Wildman–Crippen MR) is 55.1 cm³/mol. The summed E-state index contributed by atoms with van der Waals surface area (Å²) in [6.07, 6.45) is 1.57. The molecule has 2 unspecified atom stereocenters. The normalized spacial score (nSPS) is 18.1. The van der Waals surface area contributed by atoms with E-state index in [4.69, 9.17) is 0 Å². The van der Waals surface area contributed by atoms with Crippen LogP contribution in [0.25, 0.3) is 0 Å². The number of Topliss-reactive ketones (excluding diaryl/α,β-unsaturated/α-hetero) is 1. The number of nitrogens with zero attached hydrogens (tertiary/aromatic N) is 2. The Morgan fingerprint density at radius 3 is 2.57 bits per heavy atom. The largest absolute Gasteiger partial charge is 0.368 e. The van der Waals surface area contributed by atoms with Crippen LogP contribution in [0.1, 0.15) is 47.0 Å². The van der Waals surface area contributed by atoms with E-state index in [0.717, 1.165) is 6.42 Å². The molecule has 0 saturated heterocycles. The van der Waals surface area contributed by atoms with Crippen LogP contribution in [-0.4, -0.2) is 22.7 Å². The minimum Gasteiger partial charge on any atom is -0.368 e. The zero-order valence-electron chi connectivity index (χ0n) is 9.45. The molecule has 0 fully saturated rings. The molecule has 0 bridgehead atoms. The maximum Gasteiger partial charge on any atom is 0.173 e. The molecule has 0 amide bonds. The molecule has 4 heteroatoms. The first-order chi connectivity index (χ1) is 6.37. The third-order valence-electron chi connectivity index (χ3n) is 2.01. The third kappa shape index (κ3) is 6.71. The van der Waals surface area contributed by atoms with Gasteiger partial charge in [-0.1, -0.05) is 6.92 Å². The number of ketones is 1. The highest BCUT2D eigenvalue weighted by Crippen LogP contribution is 2.15. The Bertz CT molecular complexity index is 212. The van der Waals surface area contributed by atoms with E-state index < -0.39 is 5.72 Å². The molecule has 1 N–H and O–H groups in total. The molecule has 0 aliphatic rings. The molecule has 0 heterocycles. The molecule has 0 aromatic heterocycles. The third-order valence-corrected chi connectivity index (χ3v) is 2.01. The van der Waals surface area contributed by atoms with Gasteiger partial charge in [0.25, 0.3) is 0 Å². The maximum absolute atomic E-state index is 10.7. The van der Waals surface area contributed by atoms with Crippen molar-refractivity contribution >= 4 is 5.78 Å². The van der Waals surface area contributed by atoms with Crippen LogP contribution in [0.3, 0.4) is 0 Å². The Morgan fingerprint density at radius 1 is 1.57 bits per heavy atom. The van der Waals surface area contributed by atoms with E-state index in [9.17, 15) is 9.90 Å². The van der Waals surface area contributed by atoms with Crippen LogP contribution in [0, 0.1) is 0 Å². The smallest absolute Gasteiger partial charge is 0.173 e. The lowest BCUT2D eigenvalue weighted by Gasteiger charge is -2.16. The standard InChI is InChI=1S/C10H20N2O2/c1-5-8(2)11-12-10(4,14)7-6-9(3)13/h8,14H,5-7H2,1-4H3. The molecular formula is C10H20N2O2. The number of hydrogen-bond donors (Lipinski definition) is 1. The van der Waals surface area contributed by atoms with Crippen LogP contribution in [-0.2, 0) is 4.79 Å². The highest BCUT2D eigenvalue weighted by Gasteiger charge is 2.19. The van der Waals surface area contributed by atoms with Crippen molar-refractivity contribution in [1.82, 2.24) is 0 Å². The summed E-state index contributed by atoms with van der Waals surface area (Å²) >= 11 is 0. The number of azo groups is 1. The Balaban J connectivity index is 4.05. The molecule has 0 aromatic rings. The van der Waals surface area contributed by atoms with Gasteiger partial charge in [0.05, 0.1) is 6.04 Å². The zero-order chi connectivity index (χ0) is 11.2. The molecule has 0 aromatic carbocycles. The van der Waals surface area contributed by atoms with Gasteiger partial charge >= 0.3 is 0 Å². The number of aliphatic hydroxyl groups is 1. The van der Waals surface area contributed by atoms with Gasteiger partial charge in [0, 0.05) is 12.8 Å². The second-order valence-corrected chi connectivity index (χ2v) is 3.89. The Kier molecular flexibility index (Phi) is 5.53. The van der Waals surface area contributed by atoms with Crippen molar-refractivity contribution in [3.8, 4) is 0 Å². The predicted octanol–water partition coefficient (Wildman–Crippen LogP) is 2.31. The van der Waals surface area contributed by atoms with Crippen LogP contribution in [0.4, 0.5) is 0 Å². The van der Waals surface area contributed by atoms with Crippen molar-refractivity contribution in [3.63, 3.8) is 0 Å². The first-order valence-corrected chi connectivity index (χ1v) is 5.01. The number of carbonyl (C=O) groups excluding carboxylic acids is 1. The first kappa shape index (κ1) is 13.2. The van der Waals surface area contributed by atoms with E-state index in [0.29, 0.717) is 12.8 Å². The van der Waals surface area contributed by atoms with Crippen LogP contribution in [0.15, 0.2) is 10.2 Å². The van der Waals surface area contributed by atoms with Crippen molar-refractivity contribution < 1.29 is 9.90 Å². The monoisotopic (exact) mass is 200 g/mol. The second-order valence-electron chi connectivity index (χ2n) is 3.89. The lowest BCUT2D eigenvalue weighted by molar-refractivity contribution is -0.118. The van der Waals surface area contributed by atoms with Gasteiger partial charge in [0.15, 0.2) is 5.72 Å². The van der Waals surface area contributed by atoms with E-state index in [1.165, 1.54) is 6.92 Å². The minimum absolute atomic E-state index is 0.0593. The van der Waals surface area contributed by atoms with Gasteiger partial charge in [-0.15, -0.1) is 0 Å². The average Bonchev–Trinajstić information content (AvgIpc) is 2.11. The molecule has 0 radical (unpaired) electrons. The Labute approximate surface area is 85.4 Å². The van der Waals surface area contributed by atoms with Crippen molar-refractivity contribution in [2.75, 3.05) is 0 Å². The van der Waals surface area contributed by atoms with E-state index in [-0.39, 0.29) is 11.8 Å². The highest BCUT2D eigenvalue weighted by atomic mass is 16.3. The van der Waals surface area contributed by atoms with Gasteiger partial charge in [-0.2, -0.15) is 10.2 Å². The zero-order valence-corrected chi connectivity index (χ0v) is 9.45. The van der Waals surface area contributed by atoms with Crippen molar-refractivity contribution in [3.05, 3.63) is 0 Å². The topological polar surface area (TPSA) is 62.0 Å². The maximum atomic E-state index is 10.7. The molecule has 82 valence electrons. The fourth-order valence-corrected chi connectivity index (χ4v) is 0.767. The summed E-state index contributed by atoms with van der Waals surface area (Å²) in [4.78, 5) is 10.7. The van der Waals surface area contributed by atoms with Crippen molar-refractivity contribution in [2.24, 2.45) is 10.2 Å². The van der Waals surface area contributed by atoms with E-state index in [2.05, 4.69) is 10.2 Å². The van der Waals surface area contributed by atoms with Crippen LogP contribution in [0.2, 0.25) is 0 Å². The average molecular weight is 200 g/mol. The fraction of sp³-hybridized carbons (Fsp3) is 0.900. The molecule has 2 atom stereocenters. The molecule has 0 spiro atoms. The number of rotatable bonds is 6. The summed E-state index contributed by atoms with van der Waals surface area (Å²) in [6, 6.07) is 0.124. The summed E-state index contributed by atoms with van der Waals surface area (Å²) < 4.78 is 0. The van der Waals surface area contributed by atoms with Crippen molar-refractivity contribution in [2.45, 2.75) is 58.7 Å². The summed E-state index contributed by atoms with van der Waals surface area (Å²) in [5, 5.41) is 17.5. The molecule has 0 rings (SSSR count). The van der Waals surface area contributed by atoms with Crippen LogP contribution < -0.4 is 0 Å². The van der Waals surface area contributed by atoms with Crippen LogP contribution >= 0.6 is 0 Å². The van der Waals surface area contributed by atoms with Crippen molar-refractivity contribution in [1.29, 1.82) is 0 Å². The van der Waals surface area contributed by atoms with Gasteiger partial charge in [-0.05, 0) is 27.2 Å². The summed E-state index contributed by atoms with van der Waals surface area (Å²) in [5.41, 5.74) is -1.20. The van der Waals surface area contributed by atoms with E-state index in [1.807, 2.05) is 13.8 Å². The highest BCUT2D eigenvalue weighted by molar-refractivity contribution is 5.75. The lowest BCUT2D eigenvalue weighted by atomic mass is 10.1. The fourth-order valence-electron chi connectivity index (χ4n) is 0.767. The Hall–Kier alpha value is -0.770. The van der Waals surface area contributed by atoms with Gasteiger partial charge in [-0.25, -0.2) is 0 Å². The van der Waals surface area contributed by atoms with E-state index in [1.54, 1.807) is 6.92 Å². The Morgan fingerprint density at radius 2 is 2.14 bits per heavy atom. The lowest BCUT2D eigenvalue weighted by Crippen LogP contribution is -2.21. The number of hydrogen-bond acceptors (Lipinski definition) is 4. The summed E-state index contributed by atoms with van der Waals surface area (Å²) in [5.74, 6) is 0.0593. The molecule has 0 aliphatic heterocycles. The number of carbonyl (C=O) groups is 1. The SMILES string of the molecule is CCC(C)N=NC(C)(O)CCC(C)=O. The first-order valence-electron chi connectivity index (χ1n) is 5.01. The molecule has 14 heavy (non-hydrogen) atoms. The van der Waals surface area contributed by atoms with Gasteiger partial charge in [0.2, 0.25) is 0 Å². The van der Waals surface area contributed by atoms with Gasteiger partial charge in [-0.3, -0.25) is 0 Å². The summed E-state index contributed by atoms with van der Waals surface area (Å²) in [7, 11) is 0. The second kappa shape index (κ2) is 5.86. The van der Waals surface area contributed by atoms with Crippen LogP contribution in [0.5, 0.6) is 0 Å². The van der Waals surface area contributed by atoms with E-state index >= 15 is 0 Å². The molecule has 0 saturated carbocycles. The van der Waals surface area contributed by atoms with Gasteiger partial charge < -0.3 is 9.90 Å². The molecular weight excluding hydrogens is 180 g/mol. The minimum atomic E-state index is -1.20.